The molecule has 3 aromatic heterocycles. The molecule has 1 amide bonds. The molecule has 56 heavy (non-hydrogen) atoms. The molecule has 3 aliphatic rings. The van der Waals surface area contributed by atoms with Crippen molar-refractivity contribution in [2.75, 3.05) is 44.2 Å². The first kappa shape index (κ1) is 37.3. The molecule has 0 saturated carbocycles. The van der Waals surface area contributed by atoms with Gasteiger partial charge < -0.3 is 14.5 Å². The fourth-order valence-corrected chi connectivity index (χ4v) is 8.84. The van der Waals surface area contributed by atoms with Gasteiger partial charge >= 0.3 is 6.01 Å². The van der Waals surface area contributed by atoms with Crippen molar-refractivity contribution < 1.29 is 22.7 Å². The number of piperazine rings is 1. The highest BCUT2D eigenvalue weighted by Gasteiger charge is 2.49. The maximum absolute atomic E-state index is 17.1. The molecule has 3 atom stereocenters. The van der Waals surface area contributed by atoms with Crippen LogP contribution in [0, 0.1) is 36.8 Å². The van der Waals surface area contributed by atoms with Gasteiger partial charge in [0.05, 0.1) is 35.2 Å². The van der Waals surface area contributed by atoms with Crippen molar-refractivity contribution in [2.24, 2.45) is 0 Å². The fourth-order valence-electron chi connectivity index (χ4n) is 8.84. The normalized spacial score (nSPS) is 21.3. The van der Waals surface area contributed by atoms with Gasteiger partial charge in [-0.1, -0.05) is 31.2 Å². The van der Waals surface area contributed by atoms with Gasteiger partial charge in [-0.25, -0.2) is 23.1 Å². The molecule has 14 heteroatoms. The van der Waals surface area contributed by atoms with Crippen LogP contribution in [0.1, 0.15) is 55.4 Å². The minimum atomic E-state index is -0.961. The number of pyridine rings is 1. The number of hydrogen-bond donors (Lipinski definition) is 0. The summed E-state index contributed by atoms with van der Waals surface area (Å²) in [5.41, 5.74) is 1.76. The molecule has 0 N–H and O–H groups in total. The highest BCUT2D eigenvalue weighted by atomic mass is 19.1. The second kappa shape index (κ2) is 15.1. The quantitative estimate of drug-likeness (QED) is 0.150. The van der Waals surface area contributed by atoms with Crippen molar-refractivity contribution in [3.63, 3.8) is 0 Å². The van der Waals surface area contributed by atoms with Crippen LogP contribution >= 0.6 is 0 Å². The Hall–Kier alpha value is -5.68. The number of aromatic nitrogens is 5. The number of benzene rings is 2. The Kier molecular flexibility index (Phi) is 10.0. The number of hydrogen-bond acceptors (Lipinski definition) is 10. The average Bonchev–Trinajstić information content (AvgIpc) is 3.71. The number of nitriles is 1. The van der Waals surface area contributed by atoms with Crippen molar-refractivity contribution in [2.45, 2.75) is 70.6 Å². The van der Waals surface area contributed by atoms with Gasteiger partial charge in [-0.15, -0.1) is 0 Å². The van der Waals surface area contributed by atoms with Gasteiger partial charge in [0.15, 0.2) is 5.82 Å². The average molecular weight is 762 g/mol. The largest absolute Gasteiger partial charge is 0.461 e. The van der Waals surface area contributed by atoms with Crippen LogP contribution in [0.25, 0.3) is 39.0 Å². The predicted octanol–water partition coefficient (Wildman–Crippen LogP) is 6.69. The predicted molar refractivity (Wildman–Crippen MR) is 207 cm³/mol. The molecular formula is C42H42F3N9O2. The maximum atomic E-state index is 17.1. The number of halogens is 3. The van der Waals surface area contributed by atoms with Crippen LogP contribution in [0.15, 0.2) is 48.7 Å². The van der Waals surface area contributed by atoms with Crippen molar-refractivity contribution in [3.8, 4) is 23.3 Å². The summed E-state index contributed by atoms with van der Waals surface area (Å²) < 4.78 is 53.1. The lowest BCUT2D eigenvalue weighted by Gasteiger charge is -2.41. The third kappa shape index (κ3) is 6.89. The first-order chi connectivity index (χ1) is 27.1. The van der Waals surface area contributed by atoms with E-state index in [0.717, 1.165) is 30.5 Å². The minimum absolute atomic E-state index is 0.00857. The Morgan fingerprint density at radius 1 is 1.09 bits per heavy atom. The third-order valence-corrected chi connectivity index (χ3v) is 11.4. The summed E-state index contributed by atoms with van der Waals surface area (Å²) in [6.45, 7) is 7.54. The molecule has 2 aromatic carbocycles. The third-order valence-electron chi connectivity index (χ3n) is 11.4. The van der Waals surface area contributed by atoms with Crippen LogP contribution in [-0.4, -0.2) is 97.7 Å². The molecule has 1 unspecified atom stereocenters. The second-order valence-corrected chi connectivity index (χ2v) is 15.0. The van der Waals surface area contributed by atoms with Gasteiger partial charge in [0.25, 0.3) is 0 Å². The van der Waals surface area contributed by atoms with E-state index in [2.05, 4.69) is 30.9 Å². The molecule has 288 valence electrons. The summed E-state index contributed by atoms with van der Waals surface area (Å²) in [5, 5.41) is 11.5. The Labute approximate surface area is 322 Å². The second-order valence-electron chi connectivity index (χ2n) is 15.0. The Balaban J connectivity index is 1.17. The number of fused-ring (bicyclic) bond motifs is 3. The zero-order chi connectivity index (χ0) is 39.1. The van der Waals surface area contributed by atoms with Crippen LogP contribution in [-0.2, 0) is 11.2 Å². The van der Waals surface area contributed by atoms with Gasteiger partial charge in [-0.3, -0.25) is 14.7 Å². The highest BCUT2D eigenvalue weighted by Crippen LogP contribution is 2.41. The molecule has 0 radical (unpaired) electrons. The van der Waals surface area contributed by atoms with Crippen LogP contribution in [0.2, 0.25) is 0 Å². The Morgan fingerprint density at radius 3 is 2.75 bits per heavy atom. The van der Waals surface area contributed by atoms with E-state index in [1.807, 2.05) is 24.8 Å². The number of ether oxygens (including phenoxy) is 1. The molecule has 3 saturated heterocycles. The first-order valence-electron chi connectivity index (χ1n) is 19.1. The Morgan fingerprint density at radius 2 is 1.95 bits per heavy atom. The summed E-state index contributed by atoms with van der Waals surface area (Å²) in [5.74, 6) is -0.430. The number of aryl methyl sites for hydroxylation is 3. The minimum Gasteiger partial charge on any atom is -0.461 e. The number of carbonyl (C=O) groups is 1. The van der Waals surface area contributed by atoms with Crippen LogP contribution < -0.4 is 9.64 Å². The summed E-state index contributed by atoms with van der Waals surface area (Å²) in [7, 11) is 0. The zero-order valence-corrected chi connectivity index (χ0v) is 31.6. The van der Waals surface area contributed by atoms with Gasteiger partial charge in [0.2, 0.25) is 5.91 Å². The molecule has 3 aliphatic heterocycles. The van der Waals surface area contributed by atoms with Gasteiger partial charge in [0.1, 0.15) is 41.4 Å². The lowest BCUT2D eigenvalue weighted by molar-refractivity contribution is -0.128. The molecule has 11 nitrogen and oxygen atoms in total. The number of amides is 1. The molecule has 8 rings (SSSR count). The molecule has 3 fully saturated rings. The first-order valence-corrected chi connectivity index (χ1v) is 19.1. The van der Waals surface area contributed by atoms with Crippen molar-refractivity contribution >= 4 is 39.5 Å². The van der Waals surface area contributed by atoms with E-state index in [-0.39, 0.29) is 55.1 Å². The lowest BCUT2D eigenvalue weighted by atomic mass is 9.95. The number of carbonyl (C=O) groups excluding carboxylic acids is 1. The SMILES string of the molecule is CCc1c(F)ccc2cccc(-c3ncc4c(N5CCN(C(=O)/C=C/c6cc(C)nc(C)n6)[C@@H](CC#N)C5)nc(OC[C@@]56CCCN5CC(F)C6)nc4c3F)c12. The van der Waals surface area contributed by atoms with Crippen LogP contribution in [0.5, 0.6) is 6.01 Å². The van der Waals surface area contributed by atoms with E-state index in [1.165, 1.54) is 18.3 Å². The molecular weight excluding hydrogens is 720 g/mol. The van der Waals surface area contributed by atoms with E-state index in [4.69, 9.17) is 9.72 Å². The molecule has 0 spiro atoms. The monoisotopic (exact) mass is 761 g/mol. The molecule has 5 aromatic rings. The molecule has 0 bridgehead atoms. The molecule has 0 aliphatic carbocycles. The fraction of sp³-hybridized carbons (Fsp3) is 0.405. The van der Waals surface area contributed by atoms with Crippen LogP contribution in [0.4, 0.5) is 19.0 Å². The molecule has 6 heterocycles. The maximum Gasteiger partial charge on any atom is 0.319 e. The smallest absolute Gasteiger partial charge is 0.319 e. The van der Waals surface area contributed by atoms with E-state index in [0.29, 0.717) is 65.2 Å². The topological polar surface area (TPSA) is 124 Å². The van der Waals surface area contributed by atoms with Crippen molar-refractivity contribution in [1.82, 2.24) is 34.7 Å². The zero-order valence-electron chi connectivity index (χ0n) is 31.6. The highest BCUT2D eigenvalue weighted by molar-refractivity contribution is 6.01. The van der Waals surface area contributed by atoms with E-state index >= 15 is 8.78 Å². The number of anilines is 1. The van der Waals surface area contributed by atoms with Crippen LogP contribution in [0.3, 0.4) is 0 Å². The van der Waals surface area contributed by atoms with Gasteiger partial charge in [-0.05, 0) is 74.2 Å². The van der Waals surface area contributed by atoms with Crippen molar-refractivity contribution in [3.05, 3.63) is 83.1 Å². The lowest BCUT2D eigenvalue weighted by Crippen LogP contribution is -2.55. The number of nitrogens with zero attached hydrogens (tertiary/aromatic N) is 9. The van der Waals surface area contributed by atoms with Gasteiger partial charge in [0, 0.05) is 56.1 Å². The summed E-state index contributed by atoms with van der Waals surface area (Å²) in [6.07, 6.45) is 6.12. The summed E-state index contributed by atoms with van der Waals surface area (Å²) in [4.78, 5) is 41.9. The van der Waals surface area contributed by atoms with Crippen molar-refractivity contribution in [1.29, 1.82) is 5.26 Å². The summed E-state index contributed by atoms with van der Waals surface area (Å²) in [6, 6.07) is 11.9. The standard InChI is InChI=1S/C42H42F3N9O2/c1-4-31-34(44)11-9-27-7-5-8-32(36(27)31)38-37(45)39-33(21-47-38)40(51-41(50-39)56-24-42-14-6-16-53(42)22-28(43)20-42)52-17-18-54(30(23-52)13-15-46)35(55)12-10-29-19-25(2)48-26(3)49-29/h5,7-12,19,21,28,30H,4,6,13-14,16-18,20,22-24H2,1-3H3/b12-10+/t28?,30-,42-/m0/s1. The van der Waals surface area contributed by atoms with Gasteiger partial charge in [-0.2, -0.15) is 15.2 Å². The Bertz CT molecular complexity index is 2400. The number of alkyl halides is 1. The van der Waals surface area contributed by atoms with E-state index in [1.54, 1.807) is 42.2 Å². The van der Waals surface area contributed by atoms with E-state index < -0.39 is 23.6 Å². The van der Waals surface area contributed by atoms with E-state index in [9.17, 15) is 14.4 Å². The number of rotatable bonds is 9. The summed E-state index contributed by atoms with van der Waals surface area (Å²) >= 11 is 0.